The molecule has 0 saturated carbocycles. The van der Waals surface area contributed by atoms with Gasteiger partial charge in [0, 0.05) is 49.7 Å². The Balaban J connectivity index is 0.872. The van der Waals surface area contributed by atoms with Crippen molar-refractivity contribution in [2.75, 3.05) is 4.90 Å². The second kappa shape index (κ2) is 14.0. The molecule has 0 aliphatic heterocycles. The Bertz CT molecular complexity index is 3760. The van der Waals surface area contributed by atoms with Gasteiger partial charge in [0.25, 0.3) is 0 Å². The largest absolute Gasteiger partial charge is 0.438 e. The lowest BCUT2D eigenvalue weighted by Gasteiger charge is -2.26. The highest BCUT2D eigenvalue weighted by molar-refractivity contribution is 6.09. The van der Waals surface area contributed by atoms with Crippen molar-refractivity contribution in [1.29, 1.82) is 0 Å². The van der Waals surface area contributed by atoms with E-state index in [1.165, 1.54) is 38.1 Å². The third kappa shape index (κ3) is 5.93. The van der Waals surface area contributed by atoms with Gasteiger partial charge >= 0.3 is 0 Å². The van der Waals surface area contributed by atoms with Crippen molar-refractivity contribution < 1.29 is 8.83 Å². The van der Waals surface area contributed by atoms with Crippen LogP contribution in [-0.2, 0) is 0 Å². The minimum Gasteiger partial charge on any atom is -0.438 e. The molecule has 63 heavy (non-hydrogen) atoms. The lowest BCUT2D eigenvalue weighted by atomic mass is 9.96. The van der Waals surface area contributed by atoms with Gasteiger partial charge in [0.1, 0.15) is 11.2 Å². The molecule has 9 aromatic carbocycles. The molecule has 13 aromatic rings. The molecule has 0 unspecified atom stereocenters. The summed E-state index contributed by atoms with van der Waals surface area (Å²) >= 11 is 0. The topological polar surface area (TPSA) is 55.3 Å². The van der Waals surface area contributed by atoms with Crippen molar-refractivity contribution in [2.24, 2.45) is 0 Å². The van der Waals surface area contributed by atoms with Gasteiger partial charge in [-0.3, -0.25) is 0 Å². The highest BCUT2D eigenvalue weighted by atomic mass is 16.3. The van der Waals surface area contributed by atoms with Crippen LogP contribution >= 0.6 is 0 Å². The summed E-state index contributed by atoms with van der Waals surface area (Å²) in [6, 6.07) is 75.1. The summed E-state index contributed by atoms with van der Waals surface area (Å²) < 4.78 is 12.3. The first-order valence-electron chi connectivity index (χ1n) is 21.2. The number of hydrogen-bond donors (Lipinski definition) is 0. The molecule has 5 nitrogen and oxygen atoms in total. The Labute approximate surface area is 361 Å². The molecule has 0 radical (unpaired) electrons. The number of benzene rings is 9. The minimum absolute atomic E-state index is 0.641. The van der Waals surface area contributed by atoms with Crippen molar-refractivity contribution in [3.05, 3.63) is 212 Å². The summed E-state index contributed by atoms with van der Waals surface area (Å²) in [5.41, 5.74) is 12.2. The van der Waals surface area contributed by atoms with Crippen LogP contribution in [0.15, 0.2) is 221 Å². The van der Waals surface area contributed by atoms with E-state index in [0.717, 1.165) is 77.7 Å². The van der Waals surface area contributed by atoms with Gasteiger partial charge < -0.3 is 13.7 Å². The van der Waals surface area contributed by atoms with Gasteiger partial charge in [-0.05, 0) is 128 Å². The Morgan fingerprint density at radius 3 is 1.35 bits per heavy atom. The molecule has 0 N–H and O–H groups in total. The zero-order valence-electron chi connectivity index (χ0n) is 33.9. The van der Waals surface area contributed by atoms with Crippen LogP contribution in [0, 0.1) is 0 Å². The average Bonchev–Trinajstić information content (AvgIpc) is 3.92. The van der Waals surface area contributed by atoms with Crippen LogP contribution in [0.4, 0.5) is 17.1 Å². The van der Waals surface area contributed by atoms with Gasteiger partial charge in [-0.1, -0.05) is 127 Å². The van der Waals surface area contributed by atoms with E-state index in [4.69, 9.17) is 18.8 Å². The molecular formula is C58H35N3O2. The number of hydrogen-bond acceptors (Lipinski definition) is 5. The third-order valence-electron chi connectivity index (χ3n) is 12.5. The van der Waals surface area contributed by atoms with Crippen molar-refractivity contribution in [1.82, 2.24) is 9.97 Å². The van der Waals surface area contributed by atoms with Gasteiger partial charge in [-0.25, -0.2) is 9.97 Å². The summed E-state index contributed by atoms with van der Waals surface area (Å²) in [6.45, 7) is 0. The molecule has 5 heteroatoms. The normalized spacial score (nSPS) is 11.8. The van der Waals surface area contributed by atoms with Crippen molar-refractivity contribution in [3.8, 4) is 33.6 Å². The highest BCUT2D eigenvalue weighted by Gasteiger charge is 2.17. The van der Waals surface area contributed by atoms with Crippen LogP contribution in [0.5, 0.6) is 0 Å². The van der Waals surface area contributed by atoms with Crippen LogP contribution in [0.1, 0.15) is 0 Å². The molecule has 4 aromatic heterocycles. The Morgan fingerprint density at radius 1 is 0.286 bits per heavy atom. The van der Waals surface area contributed by atoms with E-state index >= 15 is 0 Å². The van der Waals surface area contributed by atoms with Crippen LogP contribution in [0.3, 0.4) is 0 Å². The van der Waals surface area contributed by atoms with Gasteiger partial charge in [0.15, 0.2) is 0 Å². The Hall–Kier alpha value is -8.54. The van der Waals surface area contributed by atoms with Crippen LogP contribution in [0.25, 0.3) is 110 Å². The molecule has 0 amide bonds. The zero-order chi connectivity index (χ0) is 41.4. The number of pyridine rings is 2. The van der Waals surface area contributed by atoms with Crippen molar-refractivity contribution in [2.45, 2.75) is 0 Å². The molecule has 0 saturated heterocycles. The van der Waals surface area contributed by atoms with Crippen LogP contribution in [0.2, 0.25) is 0 Å². The molecule has 0 aliphatic rings. The van der Waals surface area contributed by atoms with Gasteiger partial charge in [0.05, 0.1) is 11.4 Å². The average molecular weight is 806 g/mol. The van der Waals surface area contributed by atoms with Gasteiger partial charge in [0.2, 0.25) is 11.4 Å². The number of para-hydroxylation sites is 2. The highest BCUT2D eigenvalue weighted by Crippen LogP contribution is 2.40. The SMILES string of the molecule is c1ccc2c(c1)ccc1cc(-c3ccc4cc(N(c5ccc(-c6ccc7c(n6)oc6ccccc67)cc5)c5ccc(-c6ccc7c(n6)oc6ccccc67)cc5)ccc4c3)ccc12. The number of anilines is 3. The van der Waals surface area contributed by atoms with Crippen molar-refractivity contribution >= 4 is 93.5 Å². The first kappa shape index (κ1) is 35.2. The standard InChI is InChI=1S/C58H35N3O2/c1-2-8-47-36(7-1)13-16-43-34-41(22-28-48(43)47)39-14-15-42-35-46(27-21-40(42)33-39)61(44-23-17-37(18-24-44)53-31-29-51-49-9-3-5-11-55(49)62-57(51)59-53)45-25-19-38(20-26-45)54-32-30-52-50-10-4-6-12-56(50)63-58(52)60-54/h1-35H. The van der Waals surface area contributed by atoms with E-state index in [1.807, 2.05) is 36.4 Å². The summed E-state index contributed by atoms with van der Waals surface area (Å²) in [4.78, 5) is 12.2. The Morgan fingerprint density at radius 2 is 0.714 bits per heavy atom. The molecule has 0 aliphatic carbocycles. The predicted octanol–water partition coefficient (Wildman–Crippen LogP) is 16.2. The second-order valence-electron chi connectivity index (χ2n) is 16.2. The summed E-state index contributed by atoms with van der Waals surface area (Å²) in [7, 11) is 0. The maximum Gasteiger partial charge on any atom is 0.227 e. The fourth-order valence-corrected chi connectivity index (χ4v) is 9.29. The molecule has 294 valence electrons. The number of aromatic nitrogens is 2. The number of rotatable bonds is 6. The van der Waals surface area contributed by atoms with E-state index in [2.05, 4.69) is 181 Å². The first-order valence-corrected chi connectivity index (χ1v) is 21.2. The maximum absolute atomic E-state index is 6.14. The van der Waals surface area contributed by atoms with Crippen molar-refractivity contribution in [3.63, 3.8) is 0 Å². The van der Waals surface area contributed by atoms with Gasteiger partial charge in [-0.2, -0.15) is 0 Å². The molecular weight excluding hydrogens is 771 g/mol. The monoisotopic (exact) mass is 805 g/mol. The maximum atomic E-state index is 6.14. The van der Waals surface area contributed by atoms with E-state index < -0.39 is 0 Å². The second-order valence-corrected chi connectivity index (χ2v) is 16.2. The molecule has 13 rings (SSSR count). The first-order chi connectivity index (χ1) is 31.2. The molecule has 0 bridgehead atoms. The fraction of sp³-hybridized carbons (Fsp3) is 0. The molecule has 0 spiro atoms. The quantitative estimate of drug-likeness (QED) is 0.157. The zero-order valence-corrected chi connectivity index (χ0v) is 33.9. The van der Waals surface area contributed by atoms with E-state index in [9.17, 15) is 0 Å². The smallest absolute Gasteiger partial charge is 0.227 e. The summed E-state index contributed by atoms with van der Waals surface area (Å²) in [5.74, 6) is 0. The number of nitrogens with zero attached hydrogens (tertiary/aromatic N) is 3. The number of furan rings is 2. The lowest BCUT2D eigenvalue weighted by Crippen LogP contribution is -2.10. The lowest BCUT2D eigenvalue weighted by molar-refractivity contribution is 0.654. The van der Waals surface area contributed by atoms with Crippen LogP contribution in [-0.4, -0.2) is 9.97 Å². The van der Waals surface area contributed by atoms with E-state index in [1.54, 1.807) is 0 Å². The van der Waals surface area contributed by atoms with E-state index in [-0.39, 0.29) is 0 Å². The van der Waals surface area contributed by atoms with Crippen LogP contribution < -0.4 is 4.90 Å². The minimum atomic E-state index is 0.641. The summed E-state index contributed by atoms with van der Waals surface area (Å²) in [6.07, 6.45) is 0. The summed E-state index contributed by atoms with van der Waals surface area (Å²) in [5, 5.41) is 11.6. The molecule has 0 atom stereocenters. The predicted molar refractivity (Wildman–Crippen MR) is 260 cm³/mol. The Kier molecular flexibility index (Phi) is 7.84. The molecule has 0 fully saturated rings. The third-order valence-corrected chi connectivity index (χ3v) is 12.5. The molecule has 4 heterocycles. The van der Waals surface area contributed by atoms with E-state index in [0.29, 0.717) is 11.4 Å². The number of fused-ring (bicyclic) bond motifs is 10. The fourth-order valence-electron chi connectivity index (χ4n) is 9.29. The van der Waals surface area contributed by atoms with Gasteiger partial charge in [-0.15, -0.1) is 0 Å².